The van der Waals surface area contributed by atoms with Gasteiger partial charge in [-0.15, -0.1) is 0 Å². The molecule has 0 aromatic heterocycles. The Morgan fingerprint density at radius 2 is 2.22 bits per heavy atom. The van der Waals surface area contributed by atoms with Crippen LogP contribution in [0.3, 0.4) is 0 Å². The van der Waals surface area contributed by atoms with Gasteiger partial charge in [0.05, 0.1) is 0 Å². The van der Waals surface area contributed by atoms with Gasteiger partial charge in [-0.25, -0.2) is 0 Å². The second-order valence-corrected chi connectivity index (χ2v) is 5.37. The summed E-state index contributed by atoms with van der Waals surface area (Å²) in [7, 11) is 1.59. The van der Waals surface area contributed by atoms with Crippen molar-refractivity contribution < 1.29 is 9.53 Å². The first kappa shape index (κ1) is 15.4. The summed E-state index contributed by atoms with van der Waals surface area (Å²) in [6.45, 7) is 7.80. The second-order valence-electron chi connectivity index (χ2n) is 5.37. The van der Waals surface area contributed by atoms with Gasteiger partial charge < -0.3 is 15.4 Å². The standard InChI is InChI=1S/C14H28N2O2/c1-5-11-8-7-9-15-12(11)10-16-13(17)14(3,6-2)18-4/h11-12,15H,5-10H2,1-4H3,(H,16,17). The number of nitrogens with one attached hydrogen (secondary N) is 2. The van der Waals surface area contributed by atoms with Crippen molar-refractivity contribution in [3.8, 4) is 0 Å². The van der Waals surface area contributed by atoms with E-state index in [1.165, 1.54) is 19.3 Å². The average molecular weight is 256 g/mol. The molecule has 0 saturated carbocycles. The van der Waals surface area contributed by atoms with E-state index in [0.29, 0.717) is 24.9 Å². The molecule has 1 amide bonds. The average Bonchev–Trinajstić information content (AvgIpc) is 2.43. The summed E-state index contributed by atoms with van der Waals surface area (Å²) >= 11 is 0. The van der Waals surface area contributed by atoms with Gasteiger partial charge in [-0.2, -0.15) is 0 Å². The number of methoxy groups -OCH3 is 1. The van der Waals surface area contributed by atoms with E-state index < -0.39 is 5.60 Å². The van der Waals surface area contributed by atoms with Crippen LogP contribution in [0.1, 0.15) is 46.5 Å². The molecule has 1 aliphatic rings. The molecule has 4 nitrogen and oxygen atoms in total. The van der Waals surface area contributed by atoms with Crippen molar-refractivity contribution in [3.63, 3.8) is 0 Å². The first-order chi connectivity index (χ1) is 8.57. The van der Waals surface area contributed by atoms with Crippen LogP contribution in [-0.4, -0.2) is 37.7 Å². The molecule has 1 heterocycles. The van der Waals surface area contributed by atoms with Crippen molar-refractivity contribution in [2.24, 2.45) is 5.92 Å². The molecule has 0 aromatic rings. The number of amides is 1. The third-order valence-electron chi connectivity index (χ3n) is 4.34. The van der Waals surface area contributed by atoms with E-state index in [1.54, 1.807) is 7.11 Å². The first-order valence-corrected chi connectivity index (χ1v) is 7.14. The lowest BCUT2D eigenvalue weighted by Gasteiger charge is -2.33. The SMILES string of the molecule is CCC1CCCNC1CNC(=O)C(C)(CC)OC. The molecule has 106 valence electrons. The fourth-order valence-corrected chi connectivity index (χ4v) is 2.53. The topological polar surface area (TPSA) is 50.4 Å². The fraction of sp³-hybridized carbons (Fsp3) is 0.929. The molecule has 0 aromatic carbocycles. The van der Waals surface area contributed by atoms with Gasteiger partial charge in [0.2, 0.25) is 0 Å². The highest BCUT2D eigenvalue weighted by molar-refractivity contribution is 5.84. The quantitative estimate of drug-likeness (QED) is 0.760. The molecule has 1 aliphatic heterocycles. The molecular formula is C14H28N2O2. The van der Waals surface area contributed by atoms with Gasteiger partial charge in [0.15, 0.2) is 0 Å². The molecule has 0 spiro atoms. The van der Waals surface area contributed by atoms with Gasteiger partial charge in [-0.1, -0.05) is 20.3 Å². The minimum atomic E-state index is -0.698. The van der Waals surface area contributed by atoms with Crippen LogP contribution in [0, 0.1) is 5.92 Å². The smallest absolute Gasteiger partial charge is 0.251 e. The van der Waals surface area contributed by atoms with Crippen LogP contribution in [0.15, 0.2) is 0 Å². The van der Waals surface area contributed by atoms with E-state index in [2.05, 4.69) is 17.6 Å². The van der Waals surface area contributed by atoms with Crippen LogP contribution in [0.5, 0.6) is 0 Å². The maximum absolute atomic E-state index is 12.1. The summed E-state index contributed by atoms with van der Waals surface area (Å²) in [5.74, 6) is 0.671. The van der Waals surface area contributed by atoms with Crippen LogP contribution < -0.4 is 10.6 Å². The van der Waals surface area contributed by atoms with Crippen LogP contribution in [-0.2, 0) is 9.53 Å². The predicted molar refractivity (Wildman–Crippen MR) is 73.5 cm³/mol. The molecule has 0 aliphatic carbocycles. The van der Waals surface area contributed by atoms with Crippen LogP contribution in [0.2, 0.25) is 0 Å². The van der Waals surface area contributed by atoms with Crippen LogP contribution in [0.25, 0.3) is 0 Å². The molecule has 0 radical (unpaired) electrons. The van der Waals surface area contributed by atoms with Crippen molar-refractivity contribution >= 4 is 5.91 Å². The predicted octanol–water partition coefficient (Wildman–Crippen LogP) is 1.70. The Hall–Kier alpha value is -0.610. The molecule has 2 N–H and O–H groups in total. The molecule has 1 rings (SSSR count). The van der Waals surface area contributed by atoms with E-state index in [1.807, 2.05) is 13.8 Å². The Morgan fingerprint density at radius 1 is 1.50 bits per heavy atom. The van der Waals surface area contributed by atoms with Crippen molar-refractivity contribution in [1.29, 1.82) is 0 Å². The molecular weight excluding hydrogens is 228 g/mol. The molecule has 1 fully saturated rings. The molecule has 4 heteroatoms. The zero-order valence-electron chi connectivity index (χ0n) is 12.2. The van der Waals surface area contributed by atoms with Crippen LogP contribution in [0.4, 0.5) is 0 Å². The largest absolute Gasteiger partial charge is 0.369 e. The lowest BCUT2D eigenvalue weighted by Crippen LogP contribution is -2.53. The summed E-state index contributed by atoms with van der Waals surface area (Å²) in [4.78, 5) is 12.1. The van der Waals surface area contributed by atoms with E-state index in [9.17, 15) is 4.79 Å². The zero-order chi connectivity index (χ0) is 13.6. The first-order valence-electron chi connectivity index (χ1n) is 7.14. The second kappa shape index (κ2) is 7.10. The van der Waals surface area contributed by atoms with E-state index in [-0.39, 0.29) is 5.91 Å². The number of hydrogen-bond donors (Lipinski definition) is 2. The molecule has 18 heavy (non-hydrogen) atoms. The highest BCUT2D eigenvalue weighted by atomic mass is 16.5. The Kier molecular flexibility index (Phi) is 6.09. The minimum Gasteiger partial charge on any atom is -0.369 e. The number of carbonyl (C=O) groups excluding carboxylic acids is 1. The Labute approximate surface area is 111 Å². The van der Waals surface area contributed by atoms with Gasteiger partial charge in [-0.05, 0) is 38.6 Å². The number of piperidine rings is 1. The van der Waals surface area contributed by atoms with Gasteiger partial charge in [-0.3, -0.25) is 4.79 Å². The Balaban J connectivity index is 2.46. The normalized spacial score (nSPS) is 27.6. The monoisotopic (exact) mass is 256 g/mol. The molecule has 3 atom stereocenters. The van der Waals surface area contributed by atoms with E-state index in [4.69, 9.17) is 4.74 Å². The highest BCUT2D eigenvalue weighted by Crippen LogP contribution is 2.20. The van der Waals surface area contributed by atoms with Gasteiger partial charge in [0.25, 0.3) is 5.91 Å². The summed E-state index contributed by atoms with van der Waals surface area (Å²) in [6, 6.07) is 0.408. The van der Waals surface area contributed by atoms with E-state index in [0.717, 1.165) is 6.54 Å². The molecule has 1 saturated heterocycles. The molecule has 3 unspecified atom stereocenters. The minimum absolute atomic E-state index is 0.00488. The number of rotatable bonds is 6. The lowest BCUT2D eigenvalue weighted by molar-refractivity contribution is -0.142. The third-order valence-corrected chi connectivity index (χ3v) is 4.34. The lowest BCUT2D eigenvalue weighted by atomic mass is 9.88. The summed E-state index contributed by atoms with van der Waals surface area (Å²) in [5.41, 5.74) is -0.698. The highest BCUT2D eigenvalue weighted by Gasteiger charge is 2.32. The van der Waals surface area contributed by atoms with Crippen molar-refractivity contribution in [3.05, 3.63) is 0 Å². The van der Waals surface area contributed by atoms with Gasteiger partial charge in [0, 0.05) is 19.7 Å². The number of ether oxygens (including phenoxy) is 1. The Bertz CT molecular complexity index is 265. The van der Waals surface area contributed by atoms with Crippen molar-refractivity contribution in [2.75, 3.05) is 20.2 Å². The fourth-order valence-electron chi connectivity index (χ4n) is 2.53. The van der Waals surface area contributed by atoms with Crippen LogP contribution >= 0.6 is 0 Å². The van der Waals surface area contributed by atoms with E-state index >= 15 is 0 Å². The van der Waals surface area contributed by atoms with Gasteiger partial charge in [0.1, 0.15) is 5.60 Å². The van der Waals surface area contributed by atoms with Crippen molar-refractivity contribution in [2.45, 2.75) is 58.1 Å². The van der Waals surface area contributed by atoms with Gasteiger partial charge >= 0.3 is 0 Å². The number of hydrogen-bond acceptors (Lipinski definition) is 3. The summed E-state index contributed by atoms with van der Waals surface area (Å²) in [6.07, 6.45) is 4.36. The summed E-state index contributed by atoms with van der Waals surface area (Å²) < 4.78 is 5.31. The van der Waals surface area contributed by atoms with Crippen molar-refractivity contribution in [1.82, 2.24) is 10.6 Å². The third kappa shape index (κ3) is 3.69. The summed E-state index contributed by atoms with van der Waals surface area (Å²) in [5, 5.41) is 6.54. The number of carbonyl (C=O) groups is 1. The maximum Gasteiger partial charge on any atom is 0.251 e. The zero-order valence-corrected chi connectivity index (χ0v) is 12.2. The Morgan fingerprint density at radius 3 is 2.78 bits per heavy atom. The maximum atomic E-state index is 12.1. The molecule has 0 bridgehead atoms.